The van der Waals surface area contributed by atoms with Crippen LogP contribution in [0.4, 0.5) is 4.39 Å². The monoisotopic (exact) mass is 354 g/mol. The second-order valence-corrected chi connectivity index (χ2v) is 6.57. The summed E-state index contributed by atoms with van der Waals surface area (Å²) in [5, 5.41) is 0. The van der Waals surface area contributed by atoms with Crippen LogP contribution in [0.5, 0.6) is 0 Å². The number of halogens is 1. The third-order valence-corrected chi connectivity index (χ3v) is 4.93. The molecule has 0 saturated heterocycles. The van der Waals surface area contributed by atoms with Gasteiger partial charge in [-0.05, 0) is 31.0 Å². The molecule has 7 heteroatoms. The van der Waals surface area contributed by atoms with E-state index in [1.807, 2.05) is 0 Å². The molecule has 0 amide bonds. The molecule has 3 aromatic rings. The number of benzene rings is 1. The number of imidazole rings is 1. The van der Waals surface area contributed by atoms with Crippen LogP contribution in [-0.2, 0) is 6.54 Å². The highest BCUT2D eigenvalue weighted by molar-refractivity contribution is 5.72. The van der Waals surface area contributed by atoms with Gasteiger partial charge in [-0.1, -0.05) is 25.0 Å². The van der Waals surface area contributed by atoms with E-state index in [0.717, 1.165) is 25.7 Å². The van der Waals surface area contributed by atoms with Crippen LogP contribution in [0.25, 0.3) is 16.9 Å². The lowest BCUT2D eigenvalue weighted by Crippen LogP contribution is -2.41. The molecule has 0 radical (unpaired) electrons. The number of rotatable bonds is 4. The van der Waals surface area contributed by atoms with Crippen molar-refractivity contribution in [3.8, 4) is 5.69 Å². The van der Waals surface area contributed by atoms with Gasteiger partial charge in [0, 0.05) is 12.6 Å². The Morgan fingerprint density at radius 3 is 2.73 bits per heavy atom. The van der Waals surface area contributed by atoms with Gasteiger partial charge in [0.25, 0.3) is 5.56 Å². The minimum atomic E-state index is -0.469. The molecule has 0 N–H and O–H groups in total. The third kappa shape index (κ3) is 2.51. The summed E-state index contributed by atoms with van der Waals surface area (Å²) in [7, 11) is 0. The van der Waals surface area contributed by atoms with Crippen molar-refractivity contribution >= 4 is 11.2 Å². The van der Waals surface area contributed by atoms with E-state index in [9.17, 15) is 14.0 Å². The van der Waals surface area contributed by atoms with Crippen LogP contribution in [0.1, 0.15) is 31.7 Å². The summed E-state index contributed by atoms with van der Waals surface area (Å²) in [6.45, 7) is 4.11. The largest absolute Gasteiger partial charge is 0.337 e. The molecular formula is C19H19FN4O2. The van der Waals surface area contributed by atoms with Gasteiger partial charge in [0.05, 0.1) is 12.0 Å². The Labute approximate surface area is 148 Å². The third-order valence-electron chi connectivity index (χ3n) is 4.93. The molecule has 0 unspecified atom stereocenters. The molecule has 2 heterocycles. The summed E-state index contributed by atoms with van der Waals surface area (Å²) in [4.78, 5) is 30.6. The van der Waals surface area contributed by atoms with Gasteiger partial charge in [-0.3, -0.25) is 9.36 Å². The number of fused-ring (bicyclic) bond motifs is 1. The normalized spacial score (nSPS) is 15.0. The van der Waals surface area contributed by atoms with Gasteiger partial charge in [-0.15, -0.1) is 6.58 Å². The summed E-state index contributed by atoms with van der Waals surface area (Å²) < 4.78 is 18.1. The van der Waals surface area contributed by atoms with Crippen molar-refractivity contribution in [3.05, 3.63) is 69.9 Å². The lowest BCUT2D eigenvalue weighted by Gasteiger charge is -2.16. The molecule has 1 aromatic carbocycles. The molecule has 2 aromatic heterocycles. The number of allylic oxidation sites excluding steroid dienone is 1. The zero-order chi connectivity index (χ0) is 18.3. The maximum atomic E-state index is 13.8. The standard InChI is InChI=1S/C19H19FN4O2/c1-2-10-22-12-21-17-16(22)18(25)24(14-7-3-4-8-14)19(26)23(17)15-9-5-6-13(20)11-15/h2,5-6,9,11-12,14H,1,3-4,7-8,10H2. The van der Waals surface area contributed by atoms with E-state index in [0.29, 0.717) is 17.7 Å². The van der Waals surface area contributed by atoms with Crippen molar-refractivity contribution in [3.63, 3.8) is 0 Å². The van der Waals surface area contributed by atoms with Crippen LogP contribution >= 0.6 is 0 Å². The Morgan fingerprint density at radius 2 is 2.04 bits per heavy atom. The molecule has 6 nitrogen and oxygen atoms in total. The Kier molecular flexibility index (Phi) is 4.06. The van der Waals surface area contributed by atoms with Crippen molar-refractivity contribution < 1.29 is 4.39 Å². The van der Waals surface area contributed by atoms with Gasteiger partial charge in [0.2, 0.25) is 0 Å². The molecule has 0 aliphatic heterocycles. The van der Waals surface area contributed by atoms with Gasteiger partial charge in [0.1, 0.15) is 5.82 Å². The highest BCUT2D eigenvalue weighted by Gasteiger charge is 2.26. The molecule has 1 saturated carbocycles. The topological polar surface area (TPSA) is 61.8 Å². The second kappa shape index (κ2) is 6.40. The molecule has 134 valence electrons. The summed E-state index contributed by atoms with van der Waals surface area (Å²) in [6, 6.07) is 5.63. The predicted molar refractivity (Wildman–Crippen MR) is 97.3 cm³/mol. The van der Waals surface area contributed by atoms with Gasteiger partial charge in [-0.25, -0.2) is 18.7 Å². The van der Waals surface area contributed by atoms with Crippen molar-refractivity contribution in [1.82, 2.24) is 18.7 Å². The summed E-state index contributed by atoms with van der Waals surface area (Å²) in [5.74, 6) is -0.452. The molecule has 1 aliphatic rings. The summed E-state index contributed by atoms with van der Waals surface area (Å²) in [6.07, 6.45) is 6.74. The fourth-order valence-corrected chi connectivity index (χ4v) is 3.76. The zero-order valence-corrected chi connectivity index (χ0v) is 14.3. The molecule has 0 atom stereocenters. The van der Waals surface area contributed by atoms with Gasteiger partial charge < -0.3 is 4.57 Å². The second-order valence-electron chi connectivity index (χ2n) is 6.57. The quantitative estimate of drug-likeness (QED) is 0.677. The summed E-state index contributed by atoms with van der Waals surface area (Å²) in [5.41, 5.74) is 0.116. The van der Waals surface area contributed by atoms with Crippen molar-refractivity contribution in [2.45, 2.75) is 38.3 Å². The average Bonchev–Trinajstić information content (AvgIpc) is 3.26. The van der Waals surface area contributed by atoms with E-state index in [2.05, 4.69) is 11.6 Å². The minimum Gasteiger partial charge on any atom is -0.321 e. The Bertz CT molecular complexity index is 1100. The molecule has 0 bridgehead atoms. The minimum absolute atomic E-state index is 0.133. The van der Waals surface area contributed by atoms with Crippen LogP contribution < -0.4 is 11.2 Å². The highest BCUT2D eigenvalue weighted by atomic mass is 19.1. The summed E-state index contributed by atoms with van der Waals surface area (Å²) >= 11 is 0. The van der Waals surface area contributed by atoms with E-state index in [-0.39, 0.29) is 17.2 Å². The number of nitrogens with zero attached hydrogens (tertiary/aromatic N) is 4. The fourth-order valence-electron chi connectivity index (χ4n) is 3.76. The van der Waals surface area contributed by atoms with Crippen LogP contribution in [0.15, 0.2) is 52.8 Å². The smallest absolute Gasteiger partial charge is 0.321 e. The number of hydrogen-bond donors (Lipinski definition) is 0. The van der Waals surface area contributed by atoms with Crippen LogP contribution in [-0.4, -0.2) is 18.7 Å². The Balaban J connectivity index is 2.11. The Hall–Kier alpha value is -2.96. The molecule has 26 heavy (non-hydrogen) atoms. The first-order valence-electron chi connectivity index (χ1n) is 8.71. The fraction of sp³-hybridized carbons (Fsp3) is 0.316. The highest BCUT2D eigenvalue weighted by Crippen LogP contribution is 2.27. The Morgan fingerprint density at radius 1 is 1.27 bits per heavy atom. The SMILES string of the molecule is C=CCn1cnc2c1c(=O)n(C1CCCC1)c(=O)n2-c1cccc(F)c1. The number of aromatic nitrogens is 4. The predicted octanol–water partition coefficient (Wildman–Crippen LogP) is 2.79. The maximum Gasteiger partial charge on any atom is 0.337 e. The van der Waals surface area contributed by atoms with Gasteiger partial charge in [-0.2, -0.15) is 0 Å². The van der Waals surface area contributed by atoms with E-state index >= 15 is 0 Å². The first-order chi connectivity index (χ1) is 12.6. The van der Waals surface area contributed by atoms with Crippen LogP contribution in [0.3, 0.4) is 0 Å². The average molecular weight is 354 g/mol. The van der Waals surface area contributed by atoms with Crippen molar-refractivity contribution in [1.29, 1.82) is 0 Å². The van der Waals surface area contributed by atoms with E-state index in [4.69, 9.17) is 0 Å². The number of hydrogen-bond acceptors (Lipinski definition) is 3. The molecule has 4 rings (SSSR count). The van der Waals surface area contributed by atoms with Gasteiger partial charge >= 0.3 is 5.69 Å². The van der Waals surface area contributed by atoms with Crippen LogP contribution in [0, 0.1) is 5.82 Å². The van der Waals surface area contributed by atoms with Crippen molar-refractivity contribution in [2.24, 2.45) is 0 Å². The first-order valence-corrected chi connectivity index (χ1v) is 8.71. The van der Waals surface area contributed by atoms with E-state index < -0.39 is 11.5 Å². The van der Waals surface area contributed by atoms with Crippen LogP contribution in [0.2, 0.25) is 0 Å². The first kappa shape index (κ1) is 16.5. The molecular weight excluding hydrogens is 335 g/mol. The van der Waals surface area contributed by atoms with Crippen molar-refractivity contribution in [2.75, 3.05) is 0 Å². The van der Waals surface area contributed by atoms with Gasteiger partial charge in [0.15, 0.2) is 11.2 Å². The zero-order valence-electron chi connectivity index (χ0n) is 14.3. The van der Waals surface area contributed by atoms with E-state index in [1.54, 1.807) is 16.7 Å². The molecule has 1 fully saturated rings. The molecule has 1 aliphatic carbocycles. The maximum absolute atomic E-state index is 13.8. The van der Waals surface area contributed by atoms with E-state index in [1.165, 1.54) is 33.7 Å². The lowest BCUT2D eigenvalue weighted by molar-refractivity contribution is 0.474. The lowest BCUT2D eigenvalue weighted by atomic mass is 10.2. The molecule has 0 spiro atoms.